The van der Waals surface area contributed by atoms with Crippen LogP contribution < -0.4 is 15.4 Å². The number of anilines is 1. The fraction of sp³-hybridized carbons (Fsp3) is 0.562. The van der Waals surface area contributed by atoms with Crippen LogP contribution in [0.25, 0.3) is 0 Å². The molecule has 1 aromatic carbocycles. The van der Waals surface area contributed by atoms with E-state index in [0.717, 1.165) is 43.6 Å². The third-order valence-electron chi connectivity index (χ3n) is 4.24. The van der Waals surface area contributed by atoms with Crippen molar-refractivity contribution in [1.82, 2.24) is 5.32 Å². The van der Waals surface area contributed by atoms with Gasteiger partial charge in [-0.1, -0.05) is 13.0 Å². The molecule has 0 spiro atoms. The van der Waals surface area contributed by atoms with E-state index in [4.69, 9.17) is 4.74 Å². The van der Waals surface area contributed by atoms with Crippen molar-refractivity contribution in [2.24, 2.45) is 5.41 Å². The number of piperidine rings is 1. The Balaban J connectivity index is 2.18. The van der Waals surface area contributed by atoms with Crippen LogP contribution in [0.2, 0.25) is 0 Å². The predicted octanol–water partition coefficient (Wildman–Crippen LogP) is 2.72. The van der Waals surface area contributed by atoms with E-state index in [-0.39, 0.29) is 11.3 Å². The lowest BCUT2D eigenvalue weighted by Gasteiger charge is -2.35. The molecular weight excluding hydrogens is 252 g/mol. The lowest BCUT2D eigenvalue weighted by Crippen LogP contribution is -2.47. The van der Waals surface area contributed by atoms with Gasteiger partial charge in [0, 0.05) is 6.54 Å². The molecule has 0 saturated carbocycles. The summed E-state index contributed by atoms with van der Waals surface area (Å²) in [4.78, 5) is 12.7. The molecule has 110 valence electrons. The Morgan fingerprint density at radius 1 is 1.50 bits per heavy atom. The second kappa shape index (κ2) is 6.27. The highest BCUT2D eigenvalue weighted by atomic mass is 16.5. The third-order valence-corrected chi connectivity index (χ3v) is 4.24. The van der Waals surface area contributed by atoms with Crippen LogP contribution in [0, 0.1) is 12.3 Å². The standard InChI is InChI=1S/C16H24N2O2/c1-4-16(8-5-9-17-11-16)15(19)18-13-7-6-12(2)10-14(13)20-3/h6-7,10,17H,4-5,8-9,11H2,1-3H3,(H,18,19). The van der Waals surface area contributed by atoms with Gasteiger partial charge in [-0.25, -0.2) is 0 Å². The number of methoxy groups -OCH3 is 1. The van der Waals surface area contributed by atoms with Gasteiger partial charge in [-0.2, -0.15) is 0 Å². The highest BCUT2D eigenvalue weighted by molar-refractivity contribution is 5.96. The van der Waals surface area contributed by atoms with Gasteiger partial charge in [0.25, 0.3) is 0 Å². The molecule has 0 radical (unpaired) electrons. The molecule has 1 atom stereocenters. The predicted molar refractivity (Wildman–Crippen MR) is 81.2 cm³/mol. The molecule has 0 aromatic heterocycles. The number of rotatable bonds is 4. The van der Waals surface area contributed by atoms with Crippen LogP contribution in [0.5, 0.6) is 5.75 Å². The Hall–Kier alpha value is -1.55. The molecule has 1 aliphatic heterocycles. The number of amides is 1. The minimum Gasteiger partial charge on any atom is -0.495 e. The smallest absolute Gasteiger partial charge is 0.231 e. The number of ether oxygens (including phenoxy) is 1. The van der Waals surface area contributed by atoms with E-state index in [0.29, 0.717) is 5.75 Å². The fourth-order valence-electron chi connectivity index (χ4n) is 2.78. The van der Waals surface area contributed by atoms with Crippen LogP contribution in [0.4, 0.5) is 5.69 Å². The Morgan fingerprint density at radius 3 is 2.90 bits per heavy atom. The summed E-state index contributed by atoms with van der Waals surface area (Å²) in [5.74, 6) is 0.808. The summed E-state index contributed by atoms with van der Waals surface area (Å²) in [7, 11) is 1.63. The van der Waals surface area contributed by atoms with Crippen molar-refractivity contribution in [3.05, 3.63) is 23.8 Å². The summed E-state index contributed by atoms with van der Waals surface area (Å²) >= 11 is 0. The molecule has 1 unspecified atom stereocenters. The van der Waals surface area contributed by atoms with Crippen molar-refractivity contribution in [2.75, 3.05) is 25.5 Å². The van der Waals surface area contributed by atoms with Crippen LogP contribution in [0.15, 0.2) is 18.2 Å². The summed E-state index contributed by atoms with van der Waals surface area (Å²) in [5.41, 5.74) is 1.57. The zero-order chi connectivity index (χ0) is 14.6. The van der Waals surface area contributed by atoms with Gasteiger partial charge in [0.05, 0.1) is 18.2 Å². The van der Waals surface area contributed by atoms with E-state index in [1.165, 1.54) is 0 Å². The number of benzene rings is 1. The van der Waals surface area contributed by atoms with Gasteiger partial charge in [0.1, 0.15) is 5.75 Å². The molecular formula is C16H24N2O2. The largest absolute Gasteiger partial charge is 0.495 e. The van der Waals surface area contributed by atoms with Crippen molar-refractivity contribution in [3.63, 3.8) is 0 Å². The van der Waals surface area contributed by atoms with Crippen molar-refractivity contribution in [2.45, 2.75) is 33.1 Å². The molecule has 1 amide bonds. The zero-order valence-corrected chi connectivity index (χ0v) is 12.6. The molecule has 1 aromatic rings. The van der Waals surface area contributed by atoms with E-state index in [1.807, 2.05) is 25.1 Å². The molecule has 4 heteroatoms. The van der Waals surface area contributed by atoms with Crippen LogP contribution >= 0.6 is 0 Å². The van der Waals surface area contributed by atoms with E-state index < -0.39 is 0 Å². The summed E-state index contributed by atoms with van der Waals surface area (Å²) in [6, 6.07) is 5.83. The van der Waals surface area contributed by atoms with Gasteiger partial charge >= 0.3 is 0 Å². The number of aryl methyl sites for hydroxylation is 1. The molecule has 4 nitrogen and oxygen atoms in total. The second-order valence-corrected chi connectivity index (χ2v) is 5.57. The fourth-order valence-corrected chi connectivity index (χ4v) is 2.78. The monoisotopic (exact) mass is 276 g/mol. The number of carbonyl (C=O) groups excluding carboxylic acids is 1. The molecule has 1 saturated heterocycles. The summed E-state index contributed by atoms with van der Waals surface area (Å²) in [6.45, 7) is 5.85. The Kier molecular flexibility index (Phi) is 4.65. The summed E-state index contributed by atoms with van der Waals surface area (Å²) < 4.78 is 5.35. The highest BCUT2D eigenvalue weighted by Gasteiger charge is 2.38. The van der Waals surface area contributed by atoms with Crippen molar-refractivity contribution in [1.29, 1.82) is 0 Å². The maximum absolute atomic E-state index is 12.7. The number of hydrogen-bond donors (Lipinski definition) is 2. The number of hydrogen-bond acceptors (Lipinski definition) is 3. The van der Waals surface area contributed by atoms with E-state index >= 15 is 0 Å². The van der Waals surface area contributed by atoms with Crippen molar-refractivity contribution >= 4 is 11.6 Å². The van der Waals surface area contributed by atoms with E-state index in [1.54, 1.807) is 7.11 Å². The average Bonchev–Trinajstić information content (AvgIpc) is 2.49. The van der Waals surface area contributed by atoms with Gasteiger partial charge in [-0.3, -0.25) is 4.79 Å². The number of carbonyl (C=O) groups is 1. The quantitative estimate of drug-likeness (QED) is 0.889. The third kappa shape index (κ3) is 2.96. The van der Waals surface area contributed by atoms with E-state index in [2.05, 4.69) is 17.6 Å². The van der Waals surface area contributed by atoms with Crippen LogP contribution in [-0.4, -0.2) is 26.1 Å². The van der Waals surface area contributed by atoms with Gasteiger partial charge in [-0.05, 0) is 50.4 Å². The zero-order valence-electron chi connectivity index (χ0n) is 12.6. The van der Waals surface area contributed by atoms with Crippen LogP contribution in [-0.2, 0) is 4.79 Å². The molecule has 1 aliphatic rings. The molecule has 1 fully saturated rings. The van der Waals surface area contributed by atoms with Crippen LogP contribution in [0.3, 0.4) is 0 Å². The molecule has 20 heavy (non-hydrogen) atoms. The topological polar surface area (TPSA) is 50.4 Å². The first-order valence-electron chi connectivity index (χ1n) is 7.28. The van der Waals surface area contributed by atoms with Gasteiger partial charge < -0.3 is 15.4 Å². The summed E-state index contributed by atoms with van der Waals surface area (Å²) in [5, 5.41) is 6.39. The summed E-state index contributed by atoms with van der Waals surface area (Å²) in [6.07, 6.45) is 2.84. The Bertz CT molecular complexity index is 479. The maximum Gasteiger partial charge on any atom is 0.231 e. The first kappa shape index (κ1) is 14.9. The molecule has 2 N–H and O–H groups in total. The molecule has 1 heterocycles. The average molecular weight is 276 g/mol. The van der Waals surface area contributed by atoms with Gasteiger partial charge in [0.2, 0.25) is 5.91 Å². The molecule has 0 aliphatic carbocycles. The SMILES string of the molecule is CCC1(C(=O)Nc2ccc(C)cc2OC)CCCNC1. The Morgan fingerprint density at radius 2 is 2.30 bits per heavy atom. The first-order chi connectivity index (χ1) is 9.61. The number of nitrogens with one attached hydrogen (secondary N) is 2. The van der Waals surface area contributed by atoms with Crippen molar-refractivity contribution < 1.29 is 9.53 Å². The van der Waals surface area contributed by atoms with E-state index in [9.17, 15) is 4.79 Å². The maximum atomic E-state index is 12.7. The van der Waals surface area contributed by atoms with Gasteiger partial charge in [0.15, 0.2) is 0 Å². The molecule has 2 rings (SSSR count). The normalized spacial score (nSPS) is 22.4. The molecule has 0 bridgehead atoms. The lowest BCUT2D eigenvalue weighted by molar-refractivity contribution is -0.126. The van der Waals surface area contributed by atoms with Gasteiger partial charge in [-0.15, -0.1) is 0 Å². The Labute approximate surface area is 120 Å². The van der Waals surface area contributed by atoms with Crippen LogP contribution in [0.1, 0.15) is 31.7 Å². The minimum atomic E-state index is -0.297. The van der Waals surface area contributed by atoms with Crippen molar-refractivity contribution in [3.8, 4) is 5.75 Å². The lowest BCUT2D eigenvalue weighted by atomic mass is 9.77. The second-order valence-electron chi connectivity index (χ2n) is 5.57. The first-order valence-corrected chi connectivity index (χ1v) is 7.28. The highest BCUT2D eigenvalue weighted by Crippen LogP contribution is 2.33. The minimum absolute atomic E-state index is 0.0920.